The summed E-state index contributed by atoms with van der Waals surface area (Å²) in [4.78, 5) is 2.58. The maximum absolute atomic E-state index is 10.5. The molecule has 0 amide bonds. The van der Waals surface area contributed by atoms with Gasteiger partial charge in [-0.1, -0.05) is 30.3 Å². The smallest absolute Gasteiger partial charge is 0.0696 e. The monoisotopic (exact) mass is 273 g/mol. The van der Waals surface area contributed by atoms with Gasteiger partial charge in [-0.15, -0.1) is 0 Å². The molecular formula is C18H27NO. The molecule has 2 nitrogen and oxygen atoms in total. The van der Waals surface area contributed by atoms with Crippen molar-refractivity contribution in [2.24, 2.45) is 0 Å². The topological polar surface area (TPSA) is 23.5 Å². The first-order valence-corrected chi connectivity index (χ1v) is 8.08. The van der Waals surface area contributed by atoms with Gasteiger partial charge < -0.3 is 5.11 Å². The van der Waals surface area contributed by atoms with Crippen LogP contribution >= 0.6 is 0 Å². The minimum Gasteiger partial charge on any atom is -0.391 e. The lowest BCUT2D eigenvalue weighted by Crippen LogP contribution is -2.52. The number of nitrogens with zero attached hydrogens (tertiary/aromatic N) is 1. The van der Waals surface area contributed by atoms with Gasteiger partial charge in [0.05, 0.1) is 6.10 Å². The third-order valence-corrected chi connectivity index (χ3v) is 5.42. The molecule has 1 N–H and O–H groups in total. The highest BCUT2D eigenvalue weighted by atomic mass is 16.3. The molecule has 1 aliphatic carbocycles. The molecule has 2 fully saturated rings. The lowest BCUT2D eigenvalue weighted by Gasteiger charge is -2.45. The van der Waals surface area contributed by atoms with Crippen molar-refractivity contribution in [3.05, 3.63) is 35.9 Å². The van der Waals surface area contributed by atoms with Gasteiger partial charge in [-0.05, 0) is 64.0 Å². The van der Waals surface area contributed by atoms with E-state index in [-0.39, 0.29) is 11.6 Å². The van der Waals surface area contributed by atoms with Crippen molar-refractivity contribution < 1.29 is 5.11 Å². The summed E-state index contributed by atoms with van der Waals surface area (Å²) in [5, 5.41) is 10.5. The average Bonchev–Trinajstić information content (AvgIpc) is 2.80. The molecule has 110 valence electrons. The number of rotatable bonds is 2. The van der Waals surface area contributed by atoms with Gasteiger partial charge in [-0.3, -0.25) is 4.90 Å². The Morgan fingerprint density at radius 2 is 1.90 bits per heavy atom. The molecule has 3 atom stereocenters. The Kier molecular flexibility index (Phi) is 3.87. The minimum atomic E-state index is -0.146. The molecule has 2 aliphatic rings. The first-order valence-electron chi connectivity index (χ1n) is 8.08. The Bertz CT molecular complexity index is 442. The molecule has 1 aliphatic heterocycles. The standard InChI is InChI=1S/C18H27NO/c1-18(2)11-6-12-19(18)16-13-15(9-10-17(16)20)14-7-4-3-5-8-14/h3-5,7-8,15-17,20H,6,9-13H2,1-2H3. The minimum absolute atomic E-state index is 0.146. The van der Waals surface area contributed by atoms with Crippen molar-refractivity contribution in [2.45, 2.75) is 69.6 Å². The van der Waals surface area contributed by atoms with Crippen LogP contribution in [0.3, 0.4) is 0 Å². The summed E-state index contributed by atoms with van der Waals surface area (Å²) in [6.45, 7) is 5.81. The van der Waals surface area contributed by atoms with Crippen LogP contribution in [0.1, 0.15) is 57.4 Å². The summed E-state index contributed by atoms with van der Waals surface area (Å²) in [6, 6.07) is 11.2. The van der Waals surface area contributed by atoms with Crippen LogP contribution in [-0.4, -0.2) is 34.2 Å². The molecule has 2 heteroatoms. The summed E-state index contributed by atoms with van der Waals surface area (Å²) in [7, 11) is 0. The Labute approximate surface area is 122 Å². The second kappa shape index (κ2) is 5.50. The maximum atomic E-state index is 10.5. The van der Waals surface area contributed by atoms with Crippen LogP contribution in [0.4, 0.5) is 0 Å². The van der Waals surface area contributed by atoms with E-state index in [2.05, 4.69) is 49.1 Å². The highest BCUT2D eigenvalue weighted by molar-refractivity contribution is 5.21. The highest BCUT2D eigenvalue weighted by Gasteiger charge is 2.42. The maximum Gasteiger partial charge on any atom is 0.0696 e. The molecule has 3 rings (SSSR count). The van der Waals surface area contributed by atoms with E-state index in [1.54, 1.807) is 0 Å². The third-order valence-electron chi connectivity index (χ3n) is 5.42. The Morgan fingerprint density at radius 3 is 2.55 bits per heavy atom. The summed E-state index contributed by atoms with van der Waals surface area (Å²) in [5.41, 5.74) is 1.70. The normalized spacial score (nSPS) is 34.2. The zero-order valence-electron chi connectivity index (χ0n) is 12.8. The van der Waals surface area contributed by atoms with E-state index in [9.17, 15) is 5.11 Å². The van der Waals surface area contributed by atoms with Crippen LogP contribution in [-0.2, 0) is 0 Å². The summed E-state index contributed by atoms with van der Waals surface area (Å²) >= 11 is 0. The second-order valence-corrected chi connectivity index (χ2v) is 7.16. The van der Waals surface area contributed by atoms with Crippen LogP contribution in [0.2, 0.25) is 0 Å². The molecule has 0 radical (unpaired) electrons. The lowest BCUT2D eigenvalue weighted by molar-refractivity contribution is -0.0136. The lowest BCUT2D eigenvalue weighted by atomic mass is 9.78. The van der Waals surface area contributed by atoms with Crippen LogP contribution in [0.5, 0.6) is 0 Å². The van der Waals surface area contributed by atoms with Crippen molar-refractivity contribution in [3.63, 3.8) is 0 Å². The number of aliphatic hydroxyl groups excluding tert-OH is 1. The van der Waals surface area contributed by atoms with Crippen molar-refractivity contribution in [1.82, 2.24) is 4.90 Å². The Hall–Kier alpha value is -0.860. The van der Waals surface area contributed by atoms with E-state index in [0.29, 0.717) is 12.0 Å². The number of hydrogen-bond donors (Lipinski definition) is 1. The number of benzene rings is 1. The molecule has 0 bridgehead atoms. The van der Waals surface area contributed by atoms with Gasteiger partial charge in [-0.2, -0.15) is 0 Å². The molecule has 1 heterocycles. The molecule has 1 aromatic rings. The van der Waals surface area contributed by atoms with Crippen molar-refractivity contribution >= 4 is 0 Å². The fourth-order valence-electron chi connectivity index (χ4n) is 4.24. The van der Waals surface area contributed by atoms with Crippen LogP contribution in [0, 0.1) is 0 Å². The van der Waals surface area contributed by atoms with E-state index in [0.717, 1.165) is 25.8 Å². The number of likely N-dealkylation sites (tertiary alicyclic amines) is 1. The van der Waals surface area contributed by atoms with Gasteiger partial charge in [-0.25, -0.2) is 0 Å². The Morgan fingerprint density at radius 1 is 1.15 bits per heavy atom. The first kappa shape index (κ1) is 14.1. The first-order chi connectivity index (χ1) is 9.58. The zero-order valence-corrected chi connectivity index (χ0v) is 12.8. The highest BCUT2D eigenvalue weighted by Crippen LogP contribution is 2.40. The fraction of sp³-hybridized carbons (Fsp3) is 0.667. The SMILES string of the molecule is CC1(C)CCCN1C1CC(c2ccccc2)CCC1O. The Balaban J connectivity index is 1.77. The van der Waals surface area contributed by atoms with Gasteiger partial charge in [0.2, 0.25) is 0 Å². The molecule has 1 aromatic carbocycles. The second-order valence-electron chi connectivity index (χ2n) is 7.16. The molecule has 1 saturated carbocycles. The van der Waals surface area contributed by atoms with Crippen LogP contribution in [0.15, 0.2) is 30.3 Å². The molecule has 20 heavy (non-hydrogen) atoms. The van der Waals surface area contributed by atoms with E-state index >= 15 is 0 Å². The molecule has 3 unspecified atom stereocenters. The predicted molar refractivity (Wildman–Crippen MR) is 82.8 cm³/mol. The van der Waals surface area contributed by atoms with Crippen molar-refractivity contribution in [3.8, 4) is 0 Å². The number of aliphatic hydroxyl groups is 1. The van der Waals surface area contributed by atoms with E-state index < -0.39 is 0 Å². The summed E-state index contributed by atoms with van der Waals surface area (Å²) in [5.74, 6) is 0.612. The van der Waals surface area contributed by atoms with Gasteiger partial charge in [0.15, 0.2) is 0 Å². The van der Waals surface area contributed by atoms with Crippen LogP contribution in [0.25, 0.3) is 0 Å². The van der Waals surface area contributed by atoms with E-state index in [1.807, 2.05) is 0 Å². The average molecular weight is 273 g/mol. The quantitative estimate of drug-likeness (QED) is 0.890. The molecule has 0 spiro atoms. The van der Waals surface area contributed by atoms with Crippen molar-refractivity contribution in [2.75, 3.05) is 6.54 Å². The fourth-order valence-corrected chi connectivity index (χ4v) is 4.24. The zero-order chi connectivity index (χ0) is 14.2. The predicted octanol–water partition coefficient (Wildman–Crippen LogP) is 3.56. The summed E-state index contributed by atoms with van der Waals surface area (Å²) in [6.07, 6.45) is 5.55. The summed E-state index contributed by atoms with van der Waals surface area (Å²) < 4.78 is 0. The largest absolute Gasteiger partial charge is 0.391 e. The van der Waals surface area contributed by atoms with E-state index in [4.69, 9.17) is 0 Å². The van der Waals surface area contributed by atoms with Crippen molar-refractivity contribution in [1.29, 1.82) is 0 Å². The van der Waals surface area contributed by atoms with Crippen LogP contribution < -0.4 is 0 Å². The van der Waals surface area contributed by atoms with Gasteiger partial charge in [0, 0.05) is 11.6 Å². The molecular weight excluding hydrogens is 246 g/mol. The third kappa shape index (κ3) is 2.64. The number of hydrogen-bond acceptors (Lipinski definition) is 2. The van der Waals surface area contributed by atoms with Gasteiger partial charge >= 0.3 is 0 Å². The molecule has 1 saturated heterocycles. The van der Waals surface area contributed by atoms with Gasteiger partial charge in [0.25, 0.3) is 0 Å². The van der Waals surface area contributed by atoms with Gasteiger partial charge in [0.1, 0.15) is 0 Å². The molecule has 0 aromatic heterocycles. The van der Waals surface area contributed by atoms with E-state index in [1.165, 1.54) is 18.4 Å².